The molecule has 0 aliphatic heterocycles. The first-order chi connectivity index (χ1) is 9.45. The summed E-state index contributed by atoms with van der Waals surface area (Å²) in [7, 11) is 0. The number of halogens is 2. The lowest BCUT2D eigenvalue weighted by Crippen LogP contribution is -2.14. The summed E-state index contributed by atoms with van der Waals surface area (Å²) in [5.41, 5.74) is 4.08. The summed E-state index contributed by atoms with van der Waals surface area (Å²) in [4.78, 5) is 0. The highest BCUT2D eigenvalue weighted by Gasteiger charge is 2.12. The molecule has 0 saturated carbocycles. The predicted octanol–water partition coefficient (Wildman–Crippen LogP) is 4.24. The van der Waals surface area contributed by atoms with E-state index < -0.39 is 11.9 Å². The zero-order valence-corrected chi connectivity index (χ0v) is 12.4. The molecular formula is C17H18ClFO. The van der Waals surface area contributed by atoms with Gasteiger partial charge >= 0.3 is 0 Å². The molecule has 0 fully saturated rings. The molecule has 0 heterocycles. The third kappa shape index (κ3) is 3.81. The van der Waals surface area contributed by atoms with E-state index in [2.05, 4.69) is 18.2 Å². The second kappa shape index (κ2) is 6.38. The van der Waals surface area contributed by atoms with Crippen LogP contribution in [-0.2, 0) is 12.8 Å². The molecule has 1 nitrogen and oxygen atoms in total. The van der Waals surface area contributed by atoms with Crippen molar-refractivity contribution in [2.24, 2.45) is 0 Å². The molecule has 0 spiro atoms. The Morgan fingerprint density at radius 3 is 2.40 bits per heavy atom. The van der Waals surface area contributed by atoms with Gasteiger partial charge in [-0.15, -0.1) is 0 Å². The van der Waals surface area contributed by atoms with Crippen LogP contribution in [0.1, 0.15) is 22.3 Å². The topological polar surface area (TPSA) is 20.2 Å². The van der Waals surface area contributed by atoms with E-state index >= 15 is 0 Å². The van der Waals surface area contributed by atoms with Crippen LogP contribution in [0.2, 0.25) is 5.02 Å². The first kappa shape index (κ1) is 15.0. The molecule has 0 bridgehead atoms. The molecule has 2 rings (SSSR count). The minimum atomic E-state index is -0.574. The molecule has 106 valence electrons. The summed E-state index contributed by atoms with van der Waals surface area (Å²) < 4.78 is 13.3. The van der Waals surface area contributed by atoms with Crippen molar-refractivity contribution in [3.63, 3.8) is 0 Å². The molecule has 1 N–H and O–H groups in total. The molecule has 0 radical (unpaired) electrons. The van der Waals surface area contributed by atoms with Gasteiger partial charge in [-0.3, -0.25) is 0 Å². The average molecular weight is 293 g/mol. The maximum atomic E-state index is 13.3. The van der Waals surface area contributed by atoms with Gasteiger partial charge in [-0.25, -0.2) is 4.39 Å². The SMILES string of the molecule is Cc1cc(C)cc(CC(O)Cc2cccc(F)c2Cl)c1. The fourth-order valence-corrected chi connectivity index (χ4v) is 2.69. The van der Waals surface area contributed by atoms with Crippen molar-refractivity contribution in [3.8, 4) is 0 Å². The van der Waals surface area contributed by atoms with Gasteiger partial charge in [0, 0.05) is 6.42 Å². The first-order valence-corrected chi connectivity index (χ1v) is 7.01. The molecular weight excluding hydrogens is 275 g/mol. The Balaban J connectivity index is 2.09. The quantitative estimate of drug-likeness (QED) is 0.893. The monoisotopic (exact) mass is 292 g/mol. The van der Waals surface area contributed by atoms with Gasteiger partial charge in [-0.05, 0) is 37.5 Å². The summed E-state index contributed by atoms with van der Waals surface area (Å²) in [5, 5.41) is 10.3. The second-order valence-electron chi connectivity index (χ2n) is 5.27. The molecule has 2 aromatic rings. The van der Waals surface area contributed by atoms with Crippen LogP contribution in [0, 0.1) is 19.7 Å². The Hall–Kier alpha value is -1.38. The van der Waals surface area contributed by atoms with Gasteiger partial charge in [-0.1, -0.05) is 53.1 Å². The molecule has 0 saturated heterocycles. The number of aliphatic hydroxyl groups is 1. The Bertz CT molecular complexity index is 590. The lowest BCUT2D eigenvalue weighted by Gasteiger charge is -2.13. The maximum absolute atomic E-state index is 13.3. The number of benzene rings is 2. The molecule has 0 aliphatic carbocycles. The first-order valence-electron chi connectivity index (χ1n) is 6.64. The highest BCUT2D eigenvalue weighted by atomic mass is 35.5. The Kier molecular flexibility index (Phi) is 4.79. The van der Waals surface area contributed by atoms with Crippen molar-refractivity contribution < 1.29 is 9.50 Å². The van der Waals surface area contributed by atoms with Crippen molar-refractivity contribution >= 4 is 11.6 Å². The van der Waals surface area contributed by atoms with E-state index in [0.717, 1.165) is 5.56 Å². The lowest BCUT2D eigenvalue weighted by molar-refractivity contribution is 0.175. The smallest absolute Gasteiger partial charge is 0.142 e. The van der Waals surface area contributed by atoms with E-state index in [1.807, 2.05) is 13.8 Å². The van der Waals surface area contributed by atoms with Crippen LogP contribution >= 0.6 is 11.6 Å². The second-order valence-corrected chi connectivity index (χ2v) is 5.65. The average Bonchev–Trinajstić information content (AvgIpc) is 2.33. The molecule has 0 aliphatic rings. The normalized spacial score (nSPS) is 12.4. The van der Waals surface area contributed by atoms with E-state index in [-0.39, 0.29) is 5.02 Å². The van der Waals surface area contributed by atoms with Crippen molar-refractivity contribution in [2.45, 2.75) is 32.8 Å². The number of hydrogen-bond donors (Lipinski definition) is 1. The predicted molar refractivity (Wildman–Crippen MR) is 80.7 cm³/mol. The molecule has 1 atom stereocenters. The zero-order chi connectivity index (χ0) is 14.7. The standard InChI is InChI=1S/C17H18ClFO/c1-11-6-12(2)8-13(7-11)9-15(20)10-14-4-3-5-16(19)17(14)18/h3-8,15,20H,9-10H2,1-2H3. The van der Waals surface area contributed by atoms with Crippen LogP contribution in [-0.4, -0.2) is 11.2 Å². The third-order valence-corrected chi connectivity index (χ3v) is 3.66. The van der Waals surface area contributed by atoms with Crippen molar-refractivity contribution in [1.29, 1.82) is 0 Å². The minimum Gasteiger partial charge on any atom is -0.392 e. The van der Waals surface area contributed by atoms with Gasteiger partial charge < -0.3 is 5.11 Å². The van der Waals surface area contributed by atoms with E-state index in [0.29, 0.717) is 18.4 Å². The van der Waals surface area contributed by atoms with Crippen LogP contribution in [0.25, 0.3) is 0 Å². The highest BCUT2D eigenvalue weighted by molar-refractivity contribution is 6.31. The number of hydrogen-bond acceptors (Lipinski definition) is 1. The number of rotatable bonds is 4. The molecule has 20 heavy (non-hydrogen) atoms. The van der Waals surface area contributed by atoms with Gasteiger partial charge in [0.15, 0.2) is 0 Å². The van der Waals surface area contributed by atoms with Crippen molar-refractivity contribution in [1.82, 2.24) is 0 Å². The van der Waals surface area contributed by atoms with Gasteiger partial charge in [0.2, 0.25) is 0 Å². The summed E-state index contributed by atoms with van der Waals surface area (Å²) in [6.07, 6.45) is 0.314. The van der Waals surface area contributed by atoms with E-state index in [1.165, 1.54) is 17.2 Å². The summed E-state index contributed by atoms with van der Waals surface area (Å²) >= 11 is 5.90. The molecule has 0 aromatic heterocycles. The van der Waals surface area contributed by atoms with E-state index in [9.17, 15) is 9.50 Å². The molecule has 1 unspecified atom stereocenters. The van der Waals surface area contributed by atoms with Gasteiger partial charge in [0.1, 0.15) is 5.82 Å². The molecule has 2 aromatic carbocycles. The maximum Gasteiger partial charge on any atom is 0.142 e. The highest BCUT2D eigenvalue weighted by Crippen LogP contribution is 2.22. The van der Waals surface area contributed by atoms with Crippen molar-refractivity contribution in [2.75, 3.05) is 0 Å². The summed E-state index contributed by atoms with van der Waals surface area (Å²) in [6, 6.07) is 10.9. The Morgan fingerprint density at radius 2 is 1.75 bits per heavy atom. The van der Waals surface area contributed by atoms with Crippen LogP contribution in [0.15, 0.2) is 36.4 Å². The van der Waals surface area contributed by atoms with E-state index in [4.69, 9.17) is 11.6 Å². The lowest BCUT2D eigenvalue weighted by atomic mass is 9.98. The fourth-order valence-electron chi connectivity index (χ4n) is 2.49. The Labute approximate surface area is 124 Å². The van der Waals surface area contributed by atoms with Gasteiger partial charge in [0.05, 0.1) is 11.1 Å². The number of aliphatic hydroxyl groups excluding tert-OH is 1. The van der Waals surface area contributed by atoms with Gasteiger partial charge in [0.25, 0.3) is 0 Å². The largest absolute Gasteiger partial charge is 0.392 e. The summed E-state index contributed by atoms with van der Waals surface area (Å²) in [5.74, 6) is -0.442. The van der Waals surface area contributed by atoms with Crippen LogP contribution in [0.4, 0.5) is 4.39 Å². The minimum absolute atomic E-state index is 0.104. The van der Waals surface area contributed by atoms with Crippen LogP contribution < -0.4 is 0 Å². The zero-order valence-electron chi connectivity index (χ0n) is 11.7. The van der Waals surface area contributed by atoms with Crippen LogP contribution in [0.5, 0.6) is 0 Å². The van der Waals surface area contributed by atoms with Crippen molar-refractivity contribution in [3.05, 3.63) is 69.5 Å². The van der Waals surface area contributed by atoms with E-state index in [1.54, 1.807) is 12.1 Å². The summed E-state index contributed by atoms with van der Waals surface area (Å²) in [6.45, 7) is 4.07. The number of aryl methyl sites for hydroxylation is 2. The third-order valence-electron chi connectivity index (χ3n) is 3.24. The molecule has 0 amide bonds. The molecule has 3 heteroatoms. The Morgan fingerprint density at radius 1 is 1.10 bits per heavy atom. The van der Waals surface area contributed by atoms with Crippen LogP contribution in [0.3, 0.4) is 0 Å². The fraction of sp³-hybridized carbons (Fsp3) is 0.294. The van der Waals surface area contributed by atoms with Gasteiger partial charge in [-0.2, -0.15) is 0 Å².